The molecule has 2 heterocycles. The Morgan fingerprint density at radius 1 is 1.26 bits per heavy atom. The van der Waals surface area contributed by atoms with Gasteiger partial charge in [-0.3, -0.25) is 4.68 Å². The molecule has 0 bridgehead atoms. The van der Waals surface area contributed by atoms with Crippen molar-refractivity contribution in [3.63, 3.8) is 0 Å². The molecule has 6 nitrogen and oxygen atoms in total. The summed E-state index contributed by atoms with van der Waals surface area (Å²) in [6.45, 7) is 4.76. The van der Waals surface area contributed by atoms with E-state index in [0.717, 1.165) is 27.5 Å². The van der Waals surface area contributed by atoms with Crippen LogP contribution in [-0.2, 0) is 13.6 Å². The molecule has 2 N–H and O–H groups in total. The minimum absolute atomic E-state index is 0.685. The Morgan fingerprint density at radius 3 is 2.53 bits per heavy atom. The van der Waals surface area contributed by atoms with Crippen molar-refractivity contribution in [2.45, 2.75) is 20.4 Å². The fraction of sp³-hybridized carbons (Fsp3) is 0.417. The summed E-state index contributed by atoms with van der Waals surface area (Å²) in [5.41, 5.74) is 3.38. The van der Waals surface area contributed by atoms with Gasteiger partial charge < -0.3 is 10.6 Å². The lowest BCUT2D eigenvalue weighted by atomic mass is 10.2. The minimum atomic E-state index is 0.685. The van der Waals surface area contributed by atoms with Crippen LogP contribution in [0.5, 0.6) is 0 Å². The number of rotatable bonds is 4. The van der Waals surface area contributed by atoms with Crippen LogP contribution in [-0.4, -0.2) is 26.8 Å². The first-order chi connectivity index (χ1) is 9.04. The van der Waals surface area contributed by atoms with Crippen LogP contribution in [0.2, 0.25) is 0 Å². The van der Waals surface area contributed by atoms with Gasteiger partial charge in [0.1, 0.15) is 22.4 Å². The number of hydrogen-bond acceptors (Lipinski definition) is 5. The SMILES string of the molecule is CNc1ncnc(NCc2c(C)nn(C)c2C)c1Br. The summed E-state index contributed by atoms with van der Waals surface area (Å²) in [7, 11) is 3.78. The van der Waals surface area contributed by atoms with Gasteiger partial charge in [-0.15, -0.1) is 0 Å². The van der Waals surface area contributed by atoms with E-state index in [1.54, 1.807) is 0 Å². The van der Waals surface area contributed by atoms with Gasteiger partial charge in [-0.1, -0.05) is 0 Å². The van der Waals surface area contributed by atoms with Crippen molar-refractivity contribution < 1.29 is 0 Å². The predicted molar refractivity (Wildman–Crippen MR) is 79.3 cm³/mol. The maximum Gasteiger partial charge on any atom is 0.146 e. The average molecular weight is 325 g/mol. The Kier molecular flexibility index (Phi) is 4.04. The molecule has 0 aliphatic carbocycles. The van der Waals surface area contributed by atoms with Crippen LogP contribution < -0.4 is 10.6 Å². The van der Waals surface area contributed by atoms with Crippen LogP contribution in [0.4, 0.5) is 11.6 Å². The zero-order valence-corrected chi connectivity index (χ0v) is 13.0. The van der Waals surface area contributed by atoms with Crippen molar-refractivity contribution in [3.05, 3.63) is 27.8 Å². The van der Waals surface area contributed by atoms with Crippen molar-refractivity contribution >= 4 is 27.6 Å². The highest BCUT2D eigenvalue weighted by molar-refractivity contribution is 9.10. The van der Waals surface area contributed by atoms with Crippen LogP contribution in [0.15, 0.2) is 10.8 Å². The lowest BCUT2D eigenvalue weighted by Crippen LogP contribution is -2.06. The van der Waals surface area contributed by atoms with E-state index in [0.29, 0.717) is 6.54 Å². The Morgan fingerprint density at radius 2 is 1.95 bits per heavy atom. The molecule has 0 spiro atoms. The van der Waals surface area contributed by atoms with E-state index in [9.17, 15) is 0 Å². The smallest absolute Gasteiger partial charge is 0.146 e. The molecule has 0 amide bonds. The number of nitrogens with one attached hydrogen (secondary N) is 2. The van der Waals surface area contributed by atoms with Gasteiger partial charge >= 0.3 is 0 Å². The van der Waals surface area contributed by atoms with Crippen LogP contribution in [0.25, 0.3) is 0 Å². The Labute approximate surface area is 120 Å². The highest BCUT2D eigenvalue weighted by atomic mass is 79.9. The molecule has 0 unspecified atom stereocenters. The van der Waals surface area contributed by atoms with Gasteiger partial charge in [-0.25, -0.2) is 9.97 Å². The van der Waals surface area contributed by atoms with E-state index in [1.807, 2.05) is 25.7 Å². The van der Waals surface area contributed by atoms with Crippen molar-refractivity contribution in [1.82, 2.24) is 19.7 Å². The van der Waals surface area contributed by atoms with E-state index in [4.69, 9.17) is 0 Å². The van der Waals surface area contributed by atoms with Crippen molar-refractivity contribution in [3.8, 4) is 0 Å². The van der Waals surface area contributed by atoms with E-state index < -0.39 is 0 Å². The number of nitrogens with zero attached hydrogens (tertiary/aromatic N) is 4. The fourth-order valence-corrected chi connectivity index (χ4v) is 2.46. The number of anilines is 2. The van der Waals surface area contributed by atoms with Gasteiger partial charge in [-0.05, 0) is 29.8 Å². The second-order valence-electron chi connectivity index (χ2n) is 4.26. The topological polar surface area (TPSA) is 67.7 Å². The summed E-state index contributed by atoms with van der Waals surface area (Å²) in [5.74, 6) is 1.53. The minimum Gasteiger partial charge on any atom is -0.372 e. The molecule has 2 rings (SSSR count). The lowest BCUT2D eigenvalue weighted by Gasteiger charge is -2.10. The monoisotopic (exact) mass is 324 g/mol. The lowest BCUT2D eigenvalue weighted by molar-refractivity contribution is 0.730. The fourth-order valence-electron chi connectivity index (χ4n) is 1.91. The molecular formula is C12H17BrN6. The van der Waals surface area contributed by atoms with Gasteiger partial charge in [0.25, 0.3) is 0 Å². The van der Waals surface area contributed by atoms with E-state index in [-0.39, 0.29) is 0 Å². The van der Waals surface area contributed by atoms with Gasteiger partial charge in [0.15, 0.2) is 0 Å². The van der Waals surface area contributed by atoms with Gasteiger partial charge in [0.2, 0.25) is 0 Å². The maximum absolute atomic E-state index is 4.40. The van der Waals surface area contributed by atoms with Crippen LogP contribution >= 0.6 is 15.9 Å². The summed E-state index contributed by atoms with van der Waals surface area (Å²) in [6, 6.07) is 0. The van der Waals surface area contributed by atoms with Crippen molar-refractivity contribution in [2.24, 2.45) is 7.05 Å². The first-order valence-electron chi connectivity index (χ1n) is 5.95. The Balaban J connectivity index is 2.19. The summed E-state index contributed by atoms with van der Waals surface area (Å²) in [5, 5.41) is 10.7. The molecule has 0 aromatic carbocycles. The van der Waals surface area contributed by atoms with Crippen LogP contribution in [0, 0.1) is 13.8 Å². The highest BCUT2D eigenvalue weighted by Gasteiger charge is 2.11. The second kappa shape index (κ2) is 5.56. The van der Waals surface area contributed by atoms with E-state index in [1.165, 1.54) is 11.9 Å². The molecule has 0 atom stereocenters. The first-order valence-corrected chi connectivity index (χ1v) is 6.75. The largest absolute Gasteiger partial charge is 0.372 e. The van der Waals surface area contributed by atoms with E-state index >= 15 is 0 Å². The van der Waals surface area contributed by atoms with Crippen LogP contribution in [0.1, 0.15) is 17.0 Å². The highest BCUT2D eigenvalue weighted by Crippen LogP contribution is 2.26. The van der Waals surface area contributed by atoms with Gasteiger partial charge in [0, 0.05) is 31.9 Å². The van der Waals surface area contributed by atoms with Crippen LogP contribution in [0.3, 0.4) is 0 Å². The summed E-state index contributed by atoms with van der Waals surface area (Å²) in [4.78, 5) is 8.36. The zero-order valence-electron chi connectivity index (χ0n) is 11.5. The molecule has 0 radical (unpaired) electrons. The third-order valence-corrected chi connectivity index (χ3v) is 3.87. The number of hydrogen-bond donors (Lipinski definition) is 2. The number of aromatic nitrogens is 4. The zero-order chi connectivity index (χ0) is 14.0. The molecule has 2 aromatic heterocycles. The molecule has 0 aliphatic heterocycles. The third kappa shape index (κ3) is 2.70. The second-order valence-corrected chi connectivity index (χ2v) is 5.05. The molecule has 19 heavy (non-hydrogen) atoms. The van der Waals surface area contributed by atoms with Crippen molar-refractivity contribution in [1.29, 1.82) is 0 Å². The van der Waals surface area contributed by atoms with Gasteiger partial charge in [0.05, 0.1) is 5.69 Å². The summed E-state index contributed by atoms with van der Waals surface area (Å²) in [6.07, 6.45) is 1.53. The molecular weight excluding hydrogens is 308 g/mol. The predicted octanol–water partition coefficient (Wildman–Crippen LogP) is 2.24. The summed E-state index contributed by atoms with van der Waals surface area (Å²) >= 11 is 3.49. The Bertz CT molecular complexity index is 592. The molecule has 0 saturated heterocycles. The molecule has 0 aliphatic rings. The molecule has 102 valence electrons. The molecule has 2 aromatic rings. The summed E-state index contributed by atoms with van der Waals surface area (Å²) < 4.78 is 2.72. The molecule has 0 saturated carbocycles. The van der Waals surface area contributed by atoms with Crippen molar-refractivity contribution in [2.75, 3.05) is 17.7 Å². The molecule has 7 heteroatoms. The average Bonchev–Trinajstić information content (AvgIpc) is 2.63. The third-order valence-electron chi connectivity index (χ3n) is 3.12. The quantitative estimate of drug-likeness (QED) is 0.902. The standard InChI is InChI=1S/C12H17BrN6/c1-7-9(8(2)19(4)18-7)5-15-12-10(13)11(14-3)16-6-17-12/h6H,5H2,1-4H3,(H2,14,15,16,17). The molecule has 0 fully saturated rings. The van der Waals surface area contributed by atoms with Gasteiger partial charge in [-0.2, -0.15) is 5.10 Å². The Hall–Kier alpha value is -1.63. The normalized spacial score (nSPS) is 10.6. The number of aryl methyl sites for hydroxylation is 2. The first kappa shape index (κ1) is 13.8. The number of halogens is 1. The van der Waals surface area contributed by atoms with E-state index in [2.05, 4.69) is 48.6 Å². The maximum atomic E-state index is 4.40.